The number of carbonyl (C=O) groups excluding carboxylic acids is 4. The van der Waals surface area contributed by atoms with Crippen molar-refractivity contribution in [1.82, 2.24) is 5.32 Å². The number of Topliss-reactive ketones (excluding diaryl/α,β-unsaturated/α-hetero) is 1. The van der Waals surface area contributed by atoms with E-state index in [0.29, 0.717) is 11.3 Å². The molecule has 0 aliphatic carbocycles. The fourth-order valence-electron chi connectivity index (χ4n) is 3.49. The Morgan fingerprint density at radius 3 is 2.49 bits per heavy atom. The minimum atomic E-state index is -1.03. The molecule has 8 nitrogen and oxygen atoms in total. The second kappa shape index (κ2) is 10.9. The van der Waals surface area contributed by atoms with E-state index in [0.717, 1.165) is 10.5 Å². The van der Waals surface area contributed by atoms with Crippen LogP contribution in [-0.2, 0) is 19.1 Å². The van der Waals surface area contributed by atoms with Crippen molar-refractivity contribution in [3.05, 3.63) is 59.7 Å². The molecule has 2 atom stereocenters. The summed E-state index contributed by atoms with van der Waals surface area (Å²) in [5, 5.41) is 2.63. The molecular formula is C26H30N2O6S. The lowest BCUT2D eigenvalue weighted by Gasteiger charge is -2.30. The van der Waals surface area contributed by atoms with Crippen molar-refractivity contribution < 1.29 is 28.7 Å². The van der Waals surface area contributed by atoms with Crippen LogP contribution in [0.5, 0.6) is 0 Å². The summed E-state index contributed by atoms with van der Waals surface area (Å²) in [4.78, 5) is 53.4. The Morgan fingerprint density at radius 2 is 1.83 bits per heavy atom. The normalized spacial score (nSPS) is 16.5. The lowest BCUT2D eigenvalue weighted by atomic mass is 10.1. The number of benzene rings is 2. The number of aryl methyl sites for hydroxylation is 1. The molecule has 1 heterocycles. The van der Waals surface area contributed by atoms with Crippen LogP contribution in [0.3, 0.4) is 0 Å². The molecule has 2 aromatic rings. The highest BCUT2D eigenvalue weighted by atomic mass is 32.2. The van der Waals surface area contributed by atoms with Gasteiger partial charge in [-0.1, -0.05) is 36.4 Å². The quantitative estimate of drug-likeness (QED) is 0.472. The third kappa shape index (κ3) is 6.85. The number of anilines is 1. The van der Waals surface area contributed by atoms with Gasteiger partial charge in [-0.25, -0.2) is 9.59 Å². The van der Waals surface area contributed by atoms with Gasteiger partial charge in [0.1, 0.15) is 17.7 Å². The molecule has 0 radical (unpaired) electrons. The third-order valence-corrected chi connectivity index (χ3v) is 6.31. The number of nitrogens with zero attached hydrogens (tertiary/aromatic N) is 1. The first-order valence-electron chi connectivity index (χ1n) is 11.3. The number of esters is 1. The van der Waals surface area contributed by atoms with Crippen molar-refractivity contribution in [3.63, 3.8) is 0 Å². The number of ether oxygens (including phenoxy) is 2. The maximum atomic E-state index is 13.6. The Labute approximate surface area is 209 Å². The molecule has 0 fully saturated rings. The summed E-state index contributed by atoms with van der Waals surface area (Å²) in [6.45, 7) is 8.23. The van der Waals surface area contributed by atoms with E-state index >= 15 is 0 Å². The molecule has 186 valence electrons. The molecule has 9 heteroatoms. The number of hydrogen-bond acceptors (Lipinski definition) is 7. The zero-order valence-corrected chi connectivity index (χ0v) is 21.3. The lowest BCUT2D eigenvalue weighted by Crippen LogP contribution is -2.54. The van der Waals surface area contributed by atoms with E-state index in [1.54, 1.807) is 57.2 Å². The molecule has 1 aliphatic rings. The standard InChI is InChI=1S/C26H30N2O6S/c1-16-11-12-20-22(13-16)35-15-19(27-25(32)34-26(3,4)5)23(30)28(20)17(2)24(31)33-14-21(29)18-9-7-6-8-10-18/h6-13,17,19H,14-15H2,1-5H3,(H,27,32)/t17-,19-/m0/s1. The summed E-state index contributed by atoms with van der Waals surface area (Å²) in [7, 11) is 0. The fraction of sp³-hybridized carbons (Fsp3) is 0.385. The fourth-order valence-corrected chi connectivity index (χ4v) is 4.65. The second-order valence-electron chi connectivity index (χ2n) is 9.26. The number of ketones is 1. The third-order valence-electron chi connectivity index (χ3n) is 5.18. The van der Waals surface area contributed by atoms with E-state index in [-0.39, 0.29) is 11.5 Å². The number of amides is 2. The van der Waals surface area contributed by atoms with E-state index in [4.69, 9.17) is 9.47 Å². The van der Waals surface area contributed by atoms with Crippen LogP contribution in [0.25, 0.3) is 0 Å². The zero-order chi connectivity index (χ0) is 25.8. The summed E-state index contributed by atoms with van der Waals surface area (Å²) in [5.74, 6) is -1.27. The molecule has 0 aromatic heterocycles. The van der Waals surface area contributed by atoms with Crippen molar-refractivity contribution in [2.75, 3.05) is 17.3 Å². The van der Waals surface area contributed by atoms with Crippen molar-refractivity contribution in [2.24, 2.45) is 0 Å². The summed E-state index contributed by atoms with van der Waals surface area (Å²) >= 11 is 1.40. The van der Waals surface area contributed by atoms with E-state index in [1.165, 1.54) is 23.6 Å². The average molecular weight is 499 g/mol. The number of carbonyl (C=O) groups is 4. The van der Waals surface area contributed by atoms with Gasteiger partial charge in [0, 0.05) is 16.2 Å². The number of rotatable bonds is 6. The molecule has 2 amide bonds. The Kier molecular flexibility index (Phi) is 8.22. The largest absolute Gasteiger partial charge is 0.456 e. The Balaban J connectivity index is 1.81. The predicted octanol–water partition coefficient (Wildman–Crippen LogP) is 4.14. The van der Waals surface area contributed by atoms with Crippen molar-refractivity contribution in [3.8, 4) is 0 Å². The summed E-state index contributed by atoms with van der Waals surface area (Å²) in [6.07, 6.45) is -0.720. The average Bonchev–Trinajstić information content (AvgIpc) is 2.92. The first-order chi connectivity index (χ1) is 16.5. The highest BCUT2D eigenvalue weighted by molar-refractivity contribution is 7.99. The highest BCUT2D eigenvalue weighted by Crippen LogP contribution is 2.36. The van der Waals surface area contributed by atoms with Crippen LogP contribution in [0.4, 0.5) is 10.5 Å². The van der Waals surface area contributed by atoms with E-state index < -0.39 is 42.3 Å². The SMILES string of the molecule is Cc1ccc2c(c1)SC[C@H](NC(=O)OC(C)(C)C)C(=O)N2[C@@H](C)C(=O)OCC(=O)c1ccccc1. The molecule has 35 heavy (non-hydrogen) atoms. The van der Waals surface area contributed by atoms with Gasteiger partial charge in [0.2, 0.25) is 0 Å². The molecule has 1 N–H and O–H groups in total. The number of thioether (sulfide) groups is 1. The summed E-state index contributed by atoms with van der Waals surface area (Å²) in [5.41, 5.74) is 1.23. The number of hydrogen-bond donors (Lipinski definition) is 1. The molecule has 1 aliphatic heterocycles. The van der Waals surface area contributed by atoms with Crippen LogP contribution in [-0.4, -0.2) is 53.8 Å². The summed E-state index contributed by atoms with van der Waals surface area (Å²) < 4.78 is 10.6. The Morgan fingerprint density at radius 1 is 1.14 bits per heavy atom. The molecular weight excluding hydrogens is 468 g/mol. The van der Waals surface area contributed by atoms with Gasteiger partial charge in [-0.3, -0.25) is 14.5 Å². The minimum Gasteiger partial charge on any atom is -0.456 e. The number of nitrogens with one attached hydrogen (secondary N) is 1. The van der Waals surface area contributed by atoms with Crippen LogP contribution in [0.1, 0.15) is 43.6 Å². The first-order valence-corrected chi connectivity index (χ1v) is 12.3. The second-order valence-corrected chi connectivity index (χ2v) is 10.3. The molecule has 0 bridgehead atoms. The maximum absolute atomic E-state index is 13.6. The van der Waals surface area contributed by atoms with Crippen LogP contribution >= 0.6 is 11.8 Å². The monoisotopic (exact) mass is 498 g/mol. The highest BCUT2D eigenvalue weighted by Gasteiger charge is 2.38. The van der Waals surface area contributed by atoms with Gasteiger partial charge in [0.15, 0.2) is 12.4 Å². The van der Waals surface area contributed by atoms with Crippen molar-refractivity contribution >= 4 is 41.2 Å². The molecule has 0 spiro atoms. The Hall–Kier alpha value is -3.33. The molecule has 0 unspecified atom stereocenters. The van der Waals surface area contributed by atoms with E-state index in [2.05, 4.69) is 5.32 Å². The van der Waals surface area contributed by atoms with Crippen molar-refractivity contribution in [2.45, 2.75) is 57.2 Å². The minimum absolute atomic E-state index is 0.263. The van der Waals surface area contributed by atoms with Crippen LogP contribution in [0.2, 0.25) is 0 Å². The molecule has 0 saturated carbocycles. The molecule has 2 aromatic carbocycles. The van der Waals surface area contributed by atoms with E-state index in [1.807, 2.05) is 19.1 Å². The van der Waals surface area contributed by atoms with Gasteiger partial charge in [-0.15, -0.1) is 11.8 Å². The van der Waals surface area contributed by atoms with Gasteiger partial charge in [0.05, 0.1) is 5.69 Å². The van der Waals surface area contributed by atoms with Gasteiger partial charge in [-0.2, -0.15) is 0 Å². The number of fused-ring (bicyclic) bond motifs is 1. The van der Waals surface area contributed by atoms with Gasteiger partial charge in [0.25, 0.3) is 5.91 Å². The zero-order valence-electron chi connectivity index (χ0n) is 20.5. The van der Waals surface area contributed by atoms with E-state index in [9.17, 15) is 19.2 Å². The molecule has 0 saturated heterocycles. The first kappa shape index (κ1) is 26.3. The number of alkyl carbamates (subject to hydrolysis) is 1. The van der Waals surface area contributed by atoms with Crippen LogP contribution in [0, 0.1) is 6.92 Å². The lowest BCUT2D eigenvalue weighted by molar-refractivity contribution is -0.145. The van der Waals surface area contributed by atoms with Crippen molar-refractivity contribution in [1.29, 1.82) is 0 Å². The molecule has 3 rings (SSSR count). The predicted molar refractivity (Wildman–Crippen MR) is 134 cm³/mol. The van der Waals surface area contributed by atoms with Crippen LogP contribution in [0.15, 0.2) is 53.4 Å². The van der Waals surface area contributed by atoms with Crippen LogP contribution < -0.4 is 10.2 Å². The van der Waals surface area contributed by atoms with Gasteiger partial charge >= 0.3 is 12.1 Å². The van der Waals surface area contributed by atoms with Gasteiger partial charge in [-0.05, 0) is 52.3 Å². The smallest absolute Gasteiger partial charge is 0.408 e. The van der Waals surface area contributed by atoms with Gasteiger partial charge < -0.3 is 14.8 Å². The Bertz CT molecular complexity index is 1110. The maximum Gasteiger partial charge on any atom is 0.408 e. The summed E-state index contributed by atoms with van der Waals surface area (Å²) in [6, 6.07) is 12.1. The topological polar surface area (TPSA) is 102 Å².